The van der Waals surface area contributed by atoms with E-state index in [0.29, 0.717) is 17.5 Å². The Morgan fingerprint density at radius 1 is 1.11 bits per heavy atom. The normalized spacial score (nSPS) is 26.8. The molecule has 0 bridgehead atoms. The van der Waals surface area contributed by atoms with E-state index in [1.807, 2.05) is 18.2 Å². The predicted molar refractivity (Wildman–Crippen MR) is 115 cm³/mol. The van der Waals surface area contributed by atoms with Gasteiger partial charge in [0.15, 0.2) is 0 Å². The highest BCUT2D eigenvalue weighted by atomic mass is 32.2. The number of rotatable bonds is 7. The fourth-order valence-corrected chi connectivity index (χ4v) is 5.63. The van der Waals surface area contributed by atoms with Crippen molar-refractivity contribution in [2.75, 3.05) is 30.6 Å². The lowest BCUT2D eigenvalue weighted by molar-refractivity contribution is 0.274. The molecule has 4 rings (SSSR count). The number of nitrogens with zero attached hydrogens (tertiary/aromatic N) is 1. The Labute approximate surface area is 169 Å². The molecule has 2 fully saturated rings. The van der Waals surface area contributed by atoms with Crippen LogP contribution < -0.4 is 4.72 Å². The van der Waals surface area contributed by atoms with Crippen LogP contribution in [0.5, 0.6) is 0 Å². The van der Waals surface area contributed by atoms with Gasteiger partial charge in [0.25, 0.3) is 0 Å². The Kier molecular flexibility index (Phi) is 5.00. The van der Waals surface area contributed by atoms with Crippen LogP contribution in [-0.4, -0.2) is 39.2 Å². The Morgan fingerprint density at radius 2 is 1.82 bits per heavy atom. The van der Waals surface area contributed by atoms with E-state index in [9.17, 15) is 8.42 Å². The number of anilines is 1. The van der Waals surface area contributed by atoms with Gasteiger partial charge in [-0.2, -0.15) is 0 Å². The molecule has 1 aliphatic heterocycles. The first-order valence-corrected chi connectivity index (χ1v) is 12.0. The van der Waals surface area contributed by atoms with Crippen molar-refractivity contribution < 1.29 is 8.42 Å². The zero-order chi connectivity index (χ0) is 19.9. The molecule has 2 aromatic rings. The number of hydrogen-bond donors (Lipinski definition) is 1. The van der Waals surface area contributed by atoms with E-state index >= 15 is 0 Å². The summed E-state index contributed by atoms with van der Waals surface area (Å²) in [6.45, 7) is 7.95. The Bertz CT molecular complexity index is 958. The van der Waals surface area contributed by atoms with Crippen molar-refractivity contribution in [1.82, 2.24) is 4.90 Å². The summed E-state index contributed by atoms with van der Waals surface area (Å²) >= 11 is 0. The minimum atomic E-state index is -3.24. The van der Waals surface area contributed by atoms with Gasteiger partial charge in [-0.25, -0.2) is 8.42 Å². The van der Waals surface area contributed by atoms with E-state index in [0.717, 1.165) is 26.1 Å². The van der Waals surface area contributed by atoms with Crippen molar-refractivity contribution in [3.8, 4) is 0 Å². The molecule has 1 saturated heterocycles. The Balaban J connectivity index is 1.32. The Morgan fingerprint density at radius 3 is 2.50 bits per heavy atom. The second-order valence-electron chi connectivity index (χ2n) is 8.80. The van der Waals surface area contributed by atoms with Crippen LogP contribution in [0.1, 0.15) is 30.0 Å². The number of nitrogens with one attached hydrogen (secondary N) is 1. The lowest BCUT2D eigenvalue weighted by atomic mass is 9.92. The standard InChI is InChI=1S/C23H30N2O2S/c1-17-7-4-8-18(13-17)9-6-12-25-15-21-22(16-25)23(21,2)19-10-5-11-20(14-19)24-28(3,26)27/h4-5,7-8,10-11,13-14,21-22,24H,6,9,12,15-16H2,1-3H3. The van der Waals surface area contributed by atoms with Crippen LogP contribution in [0, 0.1) is 18.8 Å². The van der Waals surface area contributed by atoms with E-state index in [-0.39, 0.29) is 5.41 Å². The van der Waals surface area contributed by atoms with Gasteiger partial charge >= 0.3 is 0 Å². The minimum absolute atomic E-state index is 0.183. The number of sulfonamides is 1. The van der Waals surface area contributed by atoms with Crippen LogP contribution in [-0.2, 0) is 21.9 Å². The maximum absolute atomic E-state index is 11.5. The molecular weight excluding hydrogens is 368 g/mol. The van der Waals surface area contributed by atoms with Crippen LogP contribution in [0.25, 0.3) is 0 Å². The Hall–Kier alpha value is -1.85. The van der Waals surface area contributed by atoms with Crippen LogP contribution in [0.4, 0.5) is 5.69 Å². The summed E-state index contributed by atoms with van der Waals surface area (Å²) in [5.41, 5.74) is 4.88. The smallest absolute Gasteiger partial charge is 0.229 e. The van der Waals surface area contributed by atoms with Gasteiger partial charge in [-0.05, 0) is 61.4 Å². The fourth-order valence-electron chi connectivity index (χ4n) is 5.08. The molecular formula is C23H30N2O2S. The zero-order valence-corrected chi connectivity index (χ0v) is 17.8. The molecule has 2 atom stereocenters. The third kappa shape index (κ3) is 3.96. The number of fused-ring (bicyclic) bond motifs is 1. The average Bonchev–Trinajstić information content (AvgIpc) is 2.98. The van der Waals surface area contributed by atoms with Gasteiger partial charge in [-0.15, -0.1) is 0 Å². The highest BCUT2D eigenvalue weighted by Crippen LogP contribution is 2.63. The summed E-state index contributed by atoms with van der Waals surface area (Å²) in [7, 11) is -3.24. The van der Waals surface area contributed by atoms with Gasteiger partial charge < -0.3 is 4.90 Å². The fraction of sp³-hybridized carbons (Fsp3) is 0.478. The molecule has 1 aliphatic carbocycles. The van der Waals surface area contributed by atoms with Crippen molar-refractivity contribution in [1.29, 1.82) is 0 Å². The molecule has 0 spiro atoms. The highest BCUT2D eigenvalue weighted by Gasteiger charge is 2.65. The van der Waals surface area contributed by atoms with Crippen LogP contribution >= 0.6 is 0 Å². The van der Waals surface area contributed by atoms with Crippen molar-refractivity contribution in [2.45, 2.75) is 32.1 Å². The van der Waals surface area contributed by atoms with Gasteiger partial charge in [0.2, 0.25) is 10.0 Å². The van der Waals surface area contributed by atoms with Gasteiger partial charge in [-0.3, -0.25) is 4.72 Å². The molecule has 0 aromatic heterocycles. The summed E-state index contributed by atoms with van der Waals surface area (Å²) < 4.78 is 25.6. The summed E-state index contributed by atoms with van der Waals surface area (Å²) in [5.74, 6) is 1.36. The second-order valence-corrected chi connectivity index (χ2v) is 10.6. The number of hydrogen-bond acceptors (Lipinski definition) is 3. The number of likely N-dealkylation sites (tertiary alicyclic amines) is 1. The number of piperidine rings is 1. The molecule has 2 aromatic carbocycles. The molecule has 1 saturated carbocycles. The van der Waals surface area contributed by atoms with Gasteiger partial charge in [-0.1, -0.05) is 48.9 Å². The topological polar surface area (TPSA) is 49.4 Å². The zero-order valence-electron chi connectivity index (χ0n) is 17.0. The van der Waals surface area contributed by atoms with Crippen LogP contribution in [0.2, 0.25) is 0 Å². The summed E-state index contributed by atoms with van der Waals surface area (Å²) in [4.78, 5) is 2.60. The van der Waals surface area contributed by atoms with Crippen molar-refractivity contribution in [2.24, 2.45) is 11.8 Å². The van der Waals surface area contributed by atoms with Crippen molar-refractivity contribution in [3.63, 3.8) is 0 Å². The maximum Gasteiger partial charge on any atom is 0.229 e. The molecule has 2 aliphatic rings. The van der Waals surface area contributed by atoms with E-state index in [1.165, 1.54) is 29.4 Å². The van der Waals surface area contributed by atoms with E-state index in [1.54, 1.807) is 0 Å². The predicted octanol–water partition coefficient (Wildman–Crippen LogP) is 3.82. The molecule has 2 unspecified atom stereocenters. The molecule has 28 heavy (non-hydrogen) atoms. The van der Waals surface area contributed by atoms with Crippen molar-refractivity contribution in [3.05, 3.63) is 65.2 Å². The first kappa shape index (κ1) is 19.5. The summed E-state index contributed by atoms with van der Waals surface area (Å²) in [5, 5.41) is 0. The van der Waals surface area contributed by atoms with Crippen LogP contribution in [0.15, 0.2) is 48.5 Å². The lowest BCUT2D eigenvalue weighted by Gasteiger charge is -2.24. The lowest BCUT2D eigenvalue weighted by Crippen LogP contribution is -2.30. The summed E-state index contributed by atoms with van der Waals surface area (Å²) in [6, 6.07) is 16.8. The molecule has 4 nitrogen and oxygen atoms in total. The SMILES string of the molecule is Cc1cccc(CCCN2CC3C(C2)C3(C)c2cccc(NS(C)(=O)=O)c2)c1. The highest BCUT2D eigenvalue weighted by molar-refractivity contribution is 7.92. The van der Waals surface area contributed by atoms with E-state index in [2.05, 4.69) is 53.8 Å². The molecule has 1 heterocycles. The maximum atomic E-state index is 11.5. The number of aryl methyl sites for hydroxylation is 2. The molecule has 0 amide bonds. The molecule has 0 radical (unpaired) electrons. The van der Waals surface area contributed by atoms with Gasteiger partial charge in [0, 0.05) is 24.2 Å². The number of benzene rings is 2. The minimum Gasteiger partial charge on any atom is -0.303 e. The first-order chi connectivity index (χ1) is 13.3. The van der Waals surface area contributed by atoms with E-state index < -0.39 is 10.0 Å². The monoisotopic (exact) mass is 398 g/mol. The van der Waals surface area contributed by atoms with E-state index in [4.69, 9.17) is 0 Å². The molecule has 1 N–H and O–H groups in total. The third-order valence-electron chi connectivity index (χ3n) is 6.64. The third-order valence-corrected chi connectivity index (χ3v) is 7.24. The van der Waals surface area contributed by atoms with Gasteiger partial charge in [0.1, 0.15) is 0 Å². The average molecular weight is 399 g/mol. The van der Waals surface area contributed by atoms with Crippen molar-refractivity contribution >= 4 is 15.7 Å². The quantitative estimate of drug-likeness (QED) is 0.771. The first-order valence-electron chi connectivity index (χ1n) is 10.1. The second kappa shape index (κ2) is 7.20. The largest absolute Gasteiger partial charge is 0.303 e. The molecule has 150 valence electrons. The van der Waals surface area contributed by atoms with Crippen LogP contribution in [0.3, 0.4) is 0 Å². The summed E-state index contributed by atoms with van der Waals surface area (Å²) in [6.07, 6.45) is 3.54. The van der Waals surface area contributed by atoms with Gasteiger partial charge in [0.05, 0.1) is 6.26 Å². The molecule has 5 heteroatoms.